The lowest BCUT2D eigenvalue weighted by atomic mass is 10.2. The molecule has 0 aromatic carbocycles. The van der Waals surface area contributed by atoms with Gasteiger partial charge in [0, 0.05) is 6.20 Å². The maximum absolute atomic E-state index is 11.3. The lowest BCUT2D eigenvalue weighted by Gasteiger charge is -2.16. The van der Waals surface area contributed by atoms with Gasteiger partial charge in [-0.2, -0.15) is 13.2 Å². The van der Waals surface area contributed by atoms with Crippen LogP contribution in [0.2, 0.25) is 0 Å². The normalized spacial score (nSPS) is 11.9. The highest BCUT2D eigenvalue weighted by Gasteiger charge is 2.38. The van der Waals surface area contributed by atoms with Crippen LogP contribution in [0.4, 0.5) is 24.7 Å². The van der Waals surface area contributed by atoms with Crippen LogP contribution in [0.25, 0.3) is 10.2 Å². The Labute approximate surface area is 189 Å². The summed E-state index contributed by atoms with van der Waals surface area (Å²) in [5.41, 5.74) is 7.13. The largest absolute Gasteiger partial charge is 0.490 e. The summed E-state index contributed by atoms with van der Waals surface area (Å²) in [5.74, 6) is -3.38. The van der Waals surface area contributed by atoms with Crippen molar-refractivity contribution in [2.45, 2.75) is 32.5 Å². The lowest BCUT2D eigenvalue weighted by molar-refractivity contribution is -0.192. The SMILES string of the molecule is Cc1csc2nc(C(=O)O)nc(Nc3cccnc3OC(C)CCN)c12.O=C(O)C(F)(F)F. The van der Waals surface area contributed by atoms with Crippen molar-refractivity contribution in [3.05, 3.63) is 35.1 Å². The Hall–Kier alpha value is -3.52. The predicted molar refractivity (Wildman–Crippen MR) is 114 cm³/mol. The Morgan fingerprint density at radius 2 is 1.97 bits per heavy atom. The molecule has 0 aliphatic rings. The predicted octanol–water partition coefficient (Wildman–Crippen LogP) is 3.59. The summed E-state index contributed by atoms with van der Waals surface area (Å²) in [6.45, 7) is 4.36. The van der Waals surface area contributed by atoms with Crippen molar-refractivity contribution in [3.8, 4) is 5.88 Å². The topological polar surface area (TPSA) is 161 Å². The van der Waals surface area contributed by atoms with Gasteiger partial charge in [-0.1, -0.05) is 0 Å². The van der Waals surface area contributed by atoms with Crippen LogP contribution in [0, 0.1) is 6.92 Å². The van der Waals surface area contributed by atoms with Crippen LogP contribution in [0.15, 0.2) is 23.7 Å². The number of aromatic nitrogens is 3. The number of pyridine rings is 1. The monoisotopic (exact) mass is 487 g/mol. The van der Waals surface area contributed by atoms with Gasteiger partial charge in [0.2, 0.25) is 11.7 Å². The fraction of sp³-hybridized carbons (Fsp3) is 0.316. The number of nitrogens with one attached hydrogen (secondary N) is 1. The molecule has 14 heteroatoms. The highest BCUT2D eigenvalue weighted by atomic mass is 32.1. The van der Waals surface area contributed by atoms with Crippen molar-refractivity contribution in [1.82, 2.24) is 15.0 Å². The first-order valence-corrected chi connectivity index (χ1v) is 10.2. The summed E-state index contributed by atoms with van der Waals surface area (Å²) in [6, 6.07) is 3.56. The number of thiophene rings is 1. The summed E-state index contributed by atoms with van der Waals surface area (Å²) < 4.78 is 37.6. The Morgan fingerprint density at radius 3 is 2.55 bits per heavy atom. The molecule has 3 rings (SSSR count). The molecule has 0 saturated heterocycles. The van der Waals surface area contributed by atoms with Crippen molar-refractivity contribution >= 4 is 45.0 Å². The van der Waals surface area contributed by atoms with E-state index in [4.69, 9.17) is 20.4 Å². The van der Waals surface area contributed by atoms with Crippen molar-refractivity contribution in [3.63, 3.8) is 0 Å². The summed E-state index contributed by atoms with van der Waals surface area (Å²) >= 11 is 1.38. The van der Waals surface area contributed by atoms with E-state index in [9.17, 15) is 23.1 Å². The molecule has 0 spiro atoms. The number of nitrogens with zero attached hydrogens (tertiary/aromatic N) is 3. The zero-order valence-electron chi connectivity index (χ0n) is 17.4. The first-order valence-electron chi connectivity index (χ1n) is 9.32. The molecule has 3 aromatic rings. The number of aliphatic carboxylic acids is 1. The Balaban J connectivity index is 0.000000479. The number of aryl methyl sites for hydroxylation is 1. The molecule has 1 unspecified atom stereocenters. The minimum absolute atomic E-state index is 0.0988. The second-order valence-electron chi connectivity index (χ2n) is 6.59. The third kappa shape index (κ3) is 6.98. The molecule has 33 heavy (non-hydrogen) atoms. The van der Waals surface area contributed by atoms with E-state index in [0.717, 1.165) is 10.9 Å². The van der Waals surface area contributed by atoms with Crippen LogP contribution in [0.5, 0.6) is 5.88 Å². The molecular formula is C19H20F3N5O5S. The van der Waals surface area contributed by atoms with Gasteiger partial charge in [0.05, 0.1) is 11.5 Å². The number of nitrogens with two attached hydrogens (primary N) is 1. The van der Waals surface area contributed by atoms with E-state index in [1.165, 1.54) is 11.3 Å². The van der Waals surface area contributed by atoms with E-state index < -0.39 is 18.1 Å². The van der Waals surface area contributed by atoms with Crippen LogP contribution < -0.4 is 15.8 Å². The number of hydrogen-bond donors (Lipinski definition) is 4. The lowest BCUT2D eigenvalue weighted by Crippen LogP contribution is -2.21. The summed E-state index contributed by atoms with van der Waals surface area (Å²) in [6.07, 6.45) is -2.86. The van der Waals surface area contributed by atoms with E-state index in [-0.39, 0.29) is 11.9 Å². The van der Waals surface area contributed by atoms with Gasteiger partial charge in [0.25, 0.3) is 0 Å². The zero-order chi connectivity index (χ0) is 24.8. The van der Waals surface area contributed by atoms with Gasteiger partial charge in [0.15, 0.2) is 0 Å². The molecule has 1 atom stereocenters. The molecule has 0 aliphatic heterocycles. The number of aromatic carboxylic acids is 1. The third-order valence-electron chi connectivity index (χ3n) is 3.96. The van der Waals surface area contributed by atoms with Gasteiger partial charge in [-0.15, -0.1) is 11.3 Å². The average Bonchev–Trinajstić information content (AvgIpc) is 3.10. The minimum atomic E-state index is -5.08. The van der Waals surface area contributed by atoms with Gasteiger partial charge in [-0.25, -0.2) is 24.5 Å². The first kappa shape index (κ1) is 25.7. The molecule has 178 valence electrons. The fourth-order valence-corrected chi connectivity index (χ4v) is 3.38. The number of carboxylic acids is 2. The van der Waals surface area contributed by atoms with Crippen LogP contribution in [-0.4, -0.2) is 55.9 Å². The number of fused-ring (bicyclic) bond motifs is 1. The number of alkyl halides is 3. The molecule has 10 nitrogen and oxygen atoms in total. The summed E-state index contributed by atoms with van der Waals surface area (Å²) in [4.78, 5) is 33.4. The third-order valence-corrected chi connectivity index (χ3v) is 4.95. The molecule has 0 amide bonds. The summed E-state index contributed by atoms with van der Waals surface area (Å²) in [7, 11) is 0. The molecule has 3 aromatic heterocycles. The van der Waals surface area contributed by atoms with Crippen LogP contribution in [0.3, 0.4) is 0 Å². The van der Waals surface area contributed by atoms with E-state index in [2.05, 4.69) is 20.3 Å². The maximum atomic E-state index is 11.3. The second-order valence-corrected chi connectivity index (χ2v) is 7.45. The Kier molecular flexibility index (Phi) is 8.48. The molecule has 0 saturated carbocycles. The average molecular weight is 487 g/mol. The quantitative estimate of drug-likeness (QED) is 0.388. The van der Waals surface area contributed by atoms with Crippen molar-refractivity contribution in [1.29, 1.82) is 0 Å². The van der Waals surface area contributed by atoms with Gasteiger partial charge < -0.3 is 26.0 Å². The van der Waals surface area contributed by atoms with E-state index >= 15 is 0 Å². The second kappa shape index (κ2) is 10.9. The van der Waals surface area contributed by atoms with E-state index in [0.29, 0.717) is 35.2 Å². The number of carbonyl (C=O) groups is 2. The summed E-state index contributed by atoms with van der Waals surface area (Å²) in [5, 5.41) is 22.3. The molecule has 0 aliphatic carbocycles. The van der Waals surface area contributed by atoms with Gasteiger partial charge in [0.1, 0.15) is 16.3 Å². The molecular weight excluding hydrogens is 467 g/mol. The smallest absolute Gasteiger partial charge is 0.475 e. The van der Waals surface area contributed by atoms with Gasteiger partial charge in [-0.05, 0) is 49.9 Å². The van der Waals surface area contributed by atoms with Crippen LogP contribution in [-0.2, 0) is 4.79 Å². The zero-order valence-corrected chi connectivity index (χ0v) is 18.2. The first-order chi connectivity index (χ1) is 15.4. The Morgan fingerprint density at radius 1 is 1.30 bits per heavy atom. The van der Waals surface area contributed by atoms with Crippen molar-refractivity contribution < 1.29 is 37.7 Å². The van der Waals surface area contributed by atoms with Crippen LogP contribution in [0.1, 0.15) is 29.5 Å². The highest BCUT2D eigenvalue weighted by Crippen LogP contribution is 2.33. The number of halogens is 3. The number of carboxylic acid groups (broad SMARTS) is 2. The maximum Gasteiger partial charge on any atom is 0.490 e. The molecule has 5 N–H and O–H groups in total. The van der Waals surface area contributed by atoms with Gasteiger partial charge in [-0.3, -0.25) is 0 Å². The standard InChI is InChI=1S/C17H19N5O3S.C2HF3O2/c1-9-8-26-16-12(9)13(21-14(22-16)17(23)24)20-11-4-3-7-19-15(11)25-10(2)5-6-18;3-2(4,5)1(6)7/h3-4,7-8,10H,5-6,18H2,1-2H3,(H,23,24)(H,20,21,22);(H,6,7). The fourth-order valence-electron chi connectivity index (χ4n) is 2.46. The number of ether oxygens (including phenoxy) is 1. The molecule has 0 bridgehead atoms. The number of hydrogen-bond acceptors (Lipinski definition) is 9. The highest BCUT2D eigenvalue weighted by molar-refractivity contribution is 7.17. The minimum Gasteiger partial charge on any atom is -0.475 e. The molecule has 0 fully saturated rings. The van der Waals surface area contributed by atoms with E-state index in [1.54, 1.807) is 18.3 Å². The van der Waals surface area contributed by atoms with Crippen molar-refractivity contribution in [2.75, 3.05) is 11.9 Å². The number of anilines is 2. The van der Waals surface area contributed by atoms with Gasteiger partial charge >= 0.3 is 18.1 Å². The number of rotatable bonds is 7. The molecule has 0 radical (unpaired) electrons. The van der Waals surface area contributed by atoms with Crippen molar-refractivity contribution in [2.24, 2.45) is 5.73 Å². The molecule has 3 heterocycles. The Bertz CT molecular complexity index is 1140. The van der Waals surface area contributed by atoms with E-state index in [1.807, 2.05) is 19.2 Å². The van der Waals surface area contributed by atoms with Crippen LogP contribution >= 0.6 is 11.3 Å².